The van der Waals surface area contributed by atoms with Gasteiger partial charge in [0.15, 0.2) is 0 Å². The van der Waals surface area contributed by atoms with Crippen molar-refractivity contribution in [3.8, 4) is 5.69 Å². The average molecular weight is 325 g/mol. The van der Waals surface area contributed by atoms with Crippen molar-refractivity contribution in [3.63, 3.8) is 0 Å². The minimum atomic E-state index is -0.0337. The maximum atomic E-state index is 12.7. The third-order valence-corrected chi connectivity index (χ3v) is 5.31. The van der Waals surface area contributed by atoms with Gasteiger partial charge in [-0.05, 0) is 38.4 Å². The van der Waals surface area contributed by atoms with E-state index in [9.17, 15) is 4.79 Å². The highest BCUT2D eigenvalue weighted by atomic mass is 16.2. The van der Waals surface area contributed by atoms with Crippen molar-refractivity contribution in [3.05, 3.63) is 42.6 Å². The molecule has 2 aliphatic rings. The standard InChI is InChI=1S/C18H23N5O/c1-21-14-7-8-16(21)13-22(12-10-14)18(24)20-17-9-11-19-23(17)15-5-3-2-4-6-15/h2-6,9,11,14,16H,7-8,10,12-13H2,1H3,(H,20,24)/t14-,16+/m0/s1. The number of nitrogens with one attached hydrogen (secondary N) is 1. The molecule has 3 heterocycles. The van der Waals surface area contributed by atoms with Gasteiger partial charge in [0, 0.05) is 31.2 Å². The smallest absolute Gasteiger partial charge is 0.323 e. The zero-order chi connectivity index (χ0) is 16.5. The number of hydrogen-bond acceptors (Lipinski definition) is 3. The second kappa shape index (κ2) is 6.28. The molecule has 6 nitrogen and oxygen atoms in total. The van der Waals surface area contributed by atoms with Crippen LogP contribution in [0.4, 0.5) is 10.6 Å². The molecule has 0 spiro atoms. The third-order valence-electron chi connectivity index (χ3n) is 5.31. The number of carbonyl (C=O) groups is 1. The Morgan fingerprint density at radius 3 is 2.75 bits per heavy atom. The fourth-order valence-electron chi connectivity index (χ4n) is 3.85. The SMILES string of the molecule is CN1[C@H]2CC[C@@H]1CN(C(=O)Nc1ccnn1-c1ccccc1)CC2. The molecule has 4 rings (SSSR count). The number of nitrogens with zero attached hydrogens (tertiary/aromatic N) is 4. The van der Waals surface area contributed by atoms with Gasteiger partial charge in [0.25, 0.3) is 0 Å². The number of carbonyl (C=O) groups excluding carboxylic acids is 1. The summed E-state index contributed by atoms with van der Waals surface area (Å²) in [5.74, 6) is 0.703. The summed E-state index contributed by atoms with van der Waals surface area (Å²) in [5.41, 5.74) is 0.937. The number of benzene rings is 1. The Bertz CT molecular complexity index is 713. The second-order valence-electron chi connectivity index (χ2n) is 6.68. The summed E-state index contributed by atoms with van der Waals surface area (Å²) in [4.78, 5) is 17.1. The molecule has 2 bridgehead atoms. The molecule has 0 saturated carbocycles. The summed E-state index contributed by atoms with van der Waals surface area (Å²) in [6.07, 6.45) is 5.21. The summed E-state index contributed by atoms with van der Waals surface area (Å²) in [6, 6.07) is 12.8. The summed E-state index contributed by atoms with van der Waals surface area (Å²) < 4.78 is 1.76. The lowest BCUT2D eigenvalue weighted by Gasteiger charge is -2.26. The first kappa shape index (κ1) is 15.2. The van der Waals surface area contributed by atoms with Gasteiger partial charge in [-0.3, -0.25) is 10.2 Å². The topological polar surface area (TPSA) is 53.4 Å². The number of likely N-dealkylation sites (tertiary alicyclic amines) is 1. The van der Waals surface area contributed by atoms with Gasteiger partial charge in [-0.25, -0.2) is 9.48 Å². The van der Waals surface area contributed by atoms with Crippen molar-refractivity contribution in [1.29, 1.82) is 0 Å². The number of aromatic nitrogens is 2. The number of likely N-dealkylation sites (N-methyl/N-ethyl adjacent to an activating group) is 1. The fraction of sp³-hybridized carbons (Fsp3) is 0.444. The Labute approximate surface area is 142 Å². The first-order valence-corrected chi connectivity index (χ1v) is 8.59. The van der Waals surface area contributed by atoms with Gasteiger partial charge in [-0.1, -0.05) is 18.2 Å². The highest BCUT2D eigenvalue weighted by Gasteiger charge is 2.36. The molecule has 2 aliphatic heterocycles. The Morgan fingerprint density at radius 2 is 1.92 bits per heavy atom. The van der Waals surface area contributed by atoms with E-state index in [0.717, 1.165) is 25.2 Å². The molecule has 2 aromatic rings. The molecule has 2 atom stereocenters. The quantitative estimate of drug-likeness (QED) is 0.923. The predicted molar refractivity (Wildman–Crippen MR) is 93.3 cm³/mol. The van der Waals surface area contributed by atoms with Crippen LogP contribution in [0.25, 0.3) is 5.69 Å². The van der Waals surface area contributed by atoms with Gasteiger partial charge in [-0.2, -0.15) is 5.10 Å². The molecule has 0 aliphatic carbocycles. The minimum absolute atomic E-state index is 0.0337. The summed E-state index contributed by atoms with van der Waals surface area (Å²) in [7, 11) is 2.19. The monoisotopic (exact) mass is 325 g/mol. The van der Waals surface area contributed by atoms with E-state index in [1.165, 1.54) is 12.8 Å². The largest absolute Gasteiger partial charge is 0.323 e. The van der Waals surface area contributed by atoms with E-state index in [1.54, 1.807) is 10.9 Å². The number of anilines is 1. The maximum Gasteiger partial charge on any atom is 0.323 e. The Morgan fingerprint density at radius 1 is 1.12 bits per heavy atom. The molecule has 0 radical (unpaired) electrons. The van der Waals surface area contributed by atoms with Crippen molar-refractivity contribution in [1.82, 2.24) is 19.6 Å². The zero-order valence-corrected chi connectivity index (χ0v) is 13.9. The van der Waals surface area contributed by atoms with Crippen LogP contribution in [0.15, 0.2) is 42.6 Å². The van der Waals surface area contributed by atoms with E-state index in [4.69, 9.17) is 0 Å². The van der Waals surface area contributed by atoms with Crippen molar-refractivity contribution in [2.75, 3.05) is 25.5 Å². The first-order valence-electron chi connectivity index (χ1n) is 8.59. The first-order chi connectivity index (χ1) is 11.7. The third kappa shape index (κ3) is 2.78. The molecule has 2 amide bonds. The lowest BCUT2D eigenvalue weighted by atomic mass is 10.1. The fourth-order valence-corrected chi connectivity index (χ4v) is 3.85. The summed E-state index contributed by atoms with van der Waals surface area (Å²) in [6.45, 7) is 1.62. The lowest BCUT2D eigenvalue weighted by Crippen LogP contribution is -2.42. The van der Waals surface area contributed by atoms with Crippen LogP contribution >= 0.6 is 0 Å². The van der Waals surface area contributed by atoms with E-state index < -0.39 is 0 Å². The molecule has 2 fully saturated rings. The number of para-hydroxylation sites is 1. The Kier molecular flexibility index (Phi) is 3.98. The van der Waals surface area contributed by atoms with Crippen molar-refractivity contribution < 1.29 is 4.79 Å². The van der Waals surface area contributed by atoms with Crippen molar-refractivity contribution in [2.24, 2.45) is 0 Å². The van der Waals surface area contributed by atoms with Crippen LogP contribution in [0.5, 0.6) is 0 Å². The van der Waals surface area contributed by atoms with Crippen LogP contribution in [0.2, 0.25) is 0 Å². The lowest BCUT2D eigenvalue weighted by molar-refractivity contribution is 0.200. The minimum Gasteiger partial charge on any atom is -0.323 e. The van der Waals surface area contributed by atoms with Crippen molar-refractivity contribution >= 4 is 11.8 Å². The number of amides is 2. The molecule has 0 unspecified atom stereocenters. The van der Waals surface area contributed by atoms with Crippen LogP contribution in [0, 0.1) is 0 Å². The van der Waals surface area contributed by atoms with Gasteiger partial charge in [0.1, 0.15) is 5.82 Å². The van der Waals surface area contributed by atoms with Gasteiger partial charge in [-0.15, -0.1) is 0 Å². The number of urea groups is 1. The normalized spacial score (nSPS) is 24.0. The molecule has 1 aromatic carbocycles. The van der Waals surface area contributed by atoms with E-state index in [-0.39, 0.29) is 6.03 Å². The predicted octanol–water partition coefficient (Wildman–Crippen LogP) is 2.57. The van der Waals surface area contributed by atoms with E-state index in [1.807, 2.05) is 41.3 Å². The van der Waals surface area contributed by atoms with E-state index in [2.05, 4.69) is 22.4 Å². The molecular weight excluding hydrogens is 302 g/mol. The van der Waals surface area contributed by atoms with Crippen LogP contribution in [-0.2, 0) is 0 Å². The Balaban J connectivity index is 1.48. The summed E-state index contributed by atoms with van der Waals surface area (Å²) >= 11 is 0. The number of hydrogen-bond donors (Lipinski definition) is 1. The maximum absolute atomic E-state index is 12.7. The van der Waals surface area contributed by atoms with Crippen LogP contribution in [0.3, 0.4) is 0 Å². The molecule has 1 aromatic heterocycles. The highest BCUT2D eigenvalue weighted by Crippen LogP contribution is 2.28. The molecular formula is C18H23N5O. The van der Waals surface area contributed by atoms with Gasteiger partial charge >= 0.3 is 6.03 Å². The molecule has 126 valence electrons. The molecule has 24 heavy (non-hydrogen) atoms. The van der Waals surface area contributed by atoms with Crippen LogP contribution < -0.4 is 5.32 Å². The molecule has 2 saturated heterocycles. The average Bonchev–Trinajstić information content (AvgIpc) is 3.13. The summed E-state index contributed by atoms with van der Waals surface area (Å²) in [5, 5.41) is 7.36. The highest BCUT2D eigenvalue weighted by molar-refractivity contribution is 5.88. The molecule has 6 heteroatoms. The number of rotatable bonds is 2. The zero-order valence-electron chi connectivity index (χ0n) is 13.9. The van der Waals surface area contributed by atoms with Gasteiger partial charge < -0.3 is 4.90 Å². The van der Waals surface area contributed by atoms with E-state index >= 15 is 0 Å². The van der Waals surface area contributed by atoms with Gasteiger partial charge in [0.05, 0.1) is 11.9 Å². The van der Waals surface area contributed by atoms with E-state index in [0.29, 0.717) is 17.9 Å². The molecule has 1 N–H and O–H groups in total. The van der Waals surface area contributed by atoms with Gasteiger partial charge in [0.2, 0.25) is 0 Å². The van der Waals surface area contributed by atoms with Crippen LogP contribution in [0.1, 0.15) is 19.3 Å². The Hall–Kier alpha value is -2.34. The number of fused-ring (bicyclic) bond motifs is 2. The van der Waals surface area contributed by atoms with Crippen LogP contribution in [-0.4, -0.2) is 57.8 Å². The second-order valence-corrected chi connectivity index (χ2v) is 6.68. The van der Waals surface area contributed by atoms with Crippen molar-refractivity contribution in [2.45, 2.75) is 31.3 Å².